The maximum absolute atomic E-state index is 11.4. The molecule has 0 bridgehead atoms. The van der Waals surface area contributed by atoms with Gasteiger partial charge in [0.1, 0.15) is 5.82 Å². The zero-order valence-corrected chi connectivity index (χ0v) is 11.1. The van der Waals surface area contributed by atoms with E-state index in [9.17, 15) is 14.9 Å². The molecule has 0 aliphatic rings. The van der Waals surface area contributed by atoms with E-state index in [1.807, 2.05) is 0 Å². The van der Waals surface area contributed by atoms with Crippen molar-refractivity contribution >= 4 is 23.4 Å². The first kappa shape index (κ1) is 13.8. The third-order valence-corrected chi connectivity index (χ3v) is 3.51. The van der Waals surface area contributed by atoms with Crippen LogP contribution < -0.4 is 11.6 Å². The Hall–Kier alpha value is -2.62. The number of nitrogens with zero attached hydrogens (tertiary/aromatic N) is 4. The third kappa shape index (κ3) is 2.54. The van der Waals surface area contributed by atoms with Crippen LogP contribution in [0, 0.1) is 17.0 Å². The summed E-state index contributed by atoms with van der Waals surface area (Å²) in [6.45, 7) is 1.67. The highest BCUT2D eigenvalue weighted by Gasteiger charge is 2.17. The Morgan fingerprint density at radius 2 is 2.15 bits per heavy atom. The van der Waals surface area contributed by atoms with Crippen LogP contribution in [-0.4, -0.2) is 25.7 Å². The number of rotatable bonds is 4. The van der Waals surface area contributed by atoms with E-state index in [1.54, 1.807) is 6.92 Å². The van der Waals surface area contributed by atoms with Crippen molar-refractivity contribution in [2.75, 3.05) is 5.84 Å². The molecule has 1 amide bonds. The molecule has 1 aromatic carbocycles. The molecule has 2 rings (SSSR count). The predicted molar refractivity (Wildman–Crippen MR) is 70.6 cm³/mol. The fourth-order valence-electron chi connectivity index (χ4n) is 1.43. The molecular weight excluding hydrogens is 284 g/mol. The van der Waals surface area contributed by atoms with Gasteiger partial charge in [-0.1, -0.05) is 0 Å². The molecule has 0 saturated heterocycles. The van der Waals surface area contributed by atoms with Crippen molar-refractivity contribution in [3.8, 4) is 0 Å². The molecule has 2 aromatic rings. The highest BCUT2D eigenvalue weighted by atomic mass is 32.2. The molecule has 0 spiro atoms. The van der Waals surface area contributed by atoms with Gasteiger partial charge in [-0.3, -0.25) is 14.9 Å². The number of hydrogen-bond acceptors (Lipinski definition) is 7. The van der Waals surface area contributed by atoms with E-state index in [0.717, 1.165) is 17.8 Å². The SMILES string of the molecule is Cc1nnc(Sc2ccc([N+](=O)[O-])cc2C(N)=O)n1N. The monoisotopic (exact) mass is 294 g/mol. The Morgan fingerprint density at radius 1 is 1.45 bits per heavy atom. The van der Waals surface area contributed by atoms with Gasteiger partial charge in [0.2, 0.25) is 11.1 Å². The highest BCUT2D eigenvalue weighted by molar-refractivity contribution is 7.99. The van der Waals surface area contributed by atoms with Gasteiger partial charge >= 0.3 is 0 Å². The number of nitrogen functional groups attached to an aromatic ring is 1. The summed E-state index contributed by atoms with van der Waals surface area (Å²) in [5.74, 6) is 5.43. The van der Waals surface area contributed by atoms with E-state index < -0.39 is 10.8 Å². The number of carbonyl (C=O) groups excluding carboxylic acids is 1. The summed E-state index contributed by atoms with van der Waals surface area (Å²) in [6, 6.07) is 3.82. The van der Waals surface area contributed by atoms with Crippen molar-refractivity contribution in [3.63, 3.8) is 0 Å². The molecule has 0 aliphatic carbocycles. The Bertz CT molecular complexity index is 698. The normalized spacial score (nSPS) is 10.4. The van der Waals surface area contributed by atoms with Gasteiger partial charge < -0.3 is 11.6 Å². The van der Waals surface area contributed by atoms with Gasteiger partial charge in [-0.15, -0.1) is 10.2 Å². The number of benzene rings is 1. The molecule has 10 heteroatoms. The fourth-order valence-corrected chi connectivity index (χ4v) is 2.35. The summed E-state index contributed by atoms with van der Waals surface area (Å²) in [4.78, 5) is 21.9. The molecule has 0 aliphatic heterocycles. The van der Waals surface area contributed by atoms with Crippen LogP contribution in [0.15, 0.2) is 28.3 Å². The number of nitrogens with two attached hydrogens (primary N) is 2. The second-order valence-electron chi connectivity index (χ2n) is 3.80. The first-order valence-corrected chi connectivity index (χ1v) is 6.15. The standard InChI is InChI=1S/C10H10N6O3S/c1-5-13-14-10(15(5)12)20-8-3-2-6(16(18)19)4-7(8)9(11)17/h2-4H,12H2,1H3,(H2,11,17). The van der Waals surface area contributed by atoms with Crippen LogP contribution in [-0.2, 0) is 0 Å². The van der Waals surface area contributed by atoms with Crippen LogP contribution >= 0.6 is 11.8 Å². The molecule has 20 heavy (non-hydrogen) atoms. The predicted octanol–water partition coefficient (Wildman–Crippen LogP) is 0.459. The summed E-state index contributed by atoms with van der Waals surface area (Å²) in [5.41, 5.74) is 5.05. The topological polar surface area (TPSA) is 143 Å². The van der Waals surface area contributed by atoms with Gasteiger partial charge in [0.15, 0.2) is 0 Å². The third-order valence-electron chi connectivity index (χ3n) is 2.48. The van der Waals surface area contributed by atoms with E-state index in [2.05, 4.69) is 10.2 Å². The van der Waals surface area contributed by atoms with E-state index in [4.69, 9.17) is 11.6 Å². The Balaban J connectivity index is 2.43. The molecule has 0 fully saturated rings. The Kier molecular flexibility index (Phi) is 3.57. The molecule has 4 N–H and O–H groups in total. The molecule has 0 saturated carbocycles. The molecule has 0 unspecified atom stereocenters. The average Bonchev–Trinajstić information content (AvgIpc) is 2.70. The van der Waals surface area contributed by atoms with Gasteiger partial charge in [-0.2, -0.15) is 0 Å². The van der Waals surface area contributed by atoms with E-state index >= 15 is 0 Å². The van der Waals surface area contributed by atoms with Gasteiger partial charge in [0.05, 0.1) is 10.5 Å². The number of nitro groups is 1. The lowest BCUT2D eigenvalue weighted by atomic mass is 10.2. The number of primary amides is 1. The van der Waals surface area contributed by atoms with E-state index in [0.29, 0.717) is 15.9 Å². The fraction of sp³-hybridized carbons (Fsp3) is 0.100. The lowest BCUT2D eigenvalue weighted by Crippen LogP contribution is -2.14. The Morgan fingerprint density at radius 3 is 2.65 bits per heavy atom. The largest absolute Gasteiger partial charge is 0.366 e. The molecule has 9 nitrogen and oxygen atoms in total. The second kappa shape index (κ2) is 5.17. The van der Waals surface area contributed by atoms with Gasteiger partial charge in [-0.25, -0.2) is 4.68 Å². The van der Waals surface area contributed by atoms with Gasteiger partial charge in [0.25, 0.3) is 5.69 Å². The number of hydrogen-bond donors (Lipinski definition) is 2. The van der Waals surface area contributed by atoms with Crippen LogP contribution in [0.3, 0.4) is 0 Å². The van der Waals surface area contributed by atoms with Crippen molar-refractivity contribution in [2.24, 2.45) is 5.73 Å². The molecule has 0 radical (unpaired) electrons. The molecule has 1 aromatic heterocycles. The smallest absolute Gasteiger partial charge is 0.270 e. The van der Waals surface area contributed by atoms with Crippen LogP contribution in [0.1, 0.15) is 16.2 Å². The quantitative estimate of drug-likeness (QED) is 0.473. The number of non-ortho nitro benzene ring substituents is 1. The van der Waals surface area contributed by atoms with Crippen molar-refractivity contribution < 1.29 is 9.72 Å². The minimum Gasteiger partial charge on any atom is -0.366 e. The van der Waals surface area contributed by atoms with Gasteiger partial charge in [0, 0.05) is 17.0 Å². The Labute approximate surface area is 117 Å². The molecule has 0 atom stereocenters. The number of carbonyl (C=O) groups is 1. The van der Waals surface area contributed by atoms with E-state index in [-0.39, 0.29) is 11.3 Å². The zero-order chi connectivity index (χ0) is 14.9. The number of aryl methyl sites for hydroxylation is 1. The minimum atomic E-state index is -0.768. The lowest BCUT2D eigenvalue weighted by Gasteiger charge is -2.05. The van der Waals surface area contributed by atoms with Crippen LogP contribution in [0.25, 0.3) is 0 Å². The first-order chi connectivity index (χ1) is 9.40. The number of amides is 1. The van der Waals surface area contributed by atoms with Gasteiger partial charge in [-0.05, 0) is 24.8 Å². The zero-order valence-electron chi connectivity index (χ0n) is 10.3. The average molecular weight is 294 g/mol. The van der Waals surface area contributed by atoms with Crippen molar-refractivity contribution in [1.29, 1.82) is 0 Å². The summed E-state index contributed by atoms with van der Waals surface area (Å²) < 4.78 is 1.25. The molecule has 104 valence electrons. The number of nitro benzene ring substituents is 1. The van der Waals surface area contributed by atoms with Crippen molar-refractivity contribution in [2.45, 2.75) is 17.0 Å². The summed E-state index contributed by atoms with van der Waals surface area (Å²) in [7, 11) is 0. The van der Waals surface area contributed by atoms with Crippen molar-refractivity contribution in [1.82, 2.24) is 14.9 Å². The lowest BCUT2D eigenvalue weighted by molar-refractivity contribution is -0.384. The van der Waals surface area contributed by atoms with Crippen molar-refractivity contribution in [3.05, 3.63) is 39.7 Å². The summed E-state index contributed by atoms with van der Waals surface area (Å²) >= 11 is 1.05. The van der Waals surface area contributed by atoms with Crippen LogP contribution in [0.5, 0.6) is 0 Å². The molecule has 1 heterocycles. The maximum atomic E-state index is 11.4. The summed E-state index contributed by atoms with van der Waals surface area (Å²) in [5, 5.41) is 18.7. The van der Waals surface area contributed by atoms with Crippen LogP contribution in [0.4, 0.5) is 5.69 Å². The first-order valence-electron chi connectivity index (χ1n) is 5.33. The summed E-state index contributed by atoms with van der Waals surface area (Å²) in [6.07, 6.45) is 0. The van der Waals surface area contributed by atoms with Crippen LogP contribution in [0.2, 0.25) is 0 Å². The second-order valence-corrected chi connectivity index (χ2v) is 4.81. The maximum Gasteiger partial charge on any atom is 0.270 e. The minimum absolute atomic E-state index is 0.0323. The molecular formula is C10H10N6O3S. The highest BCUT2D eigenvalue weighted by Crippen LogP contribution is 2.31. The number of aromatic nitrogens is 3. The van der Waals surface area contributed by atoms with E-state index in [1.165, 1.54) is 16.8 Å².